The van der Waals surface area contributed by atoms with Crippen molar-refractivity contribution in [3.05, 3.63) is 67.9 Å². The topological polar surface area (TPSA) is 118 Å². The zero-order valence-corrected chi connectivity index (χ0v) is 17.3. The molecule has 3 aromatic rings. The van der Waals surface area contributed by atoms with Crippen LogP contribution in [-0.4, -0.2) is 28.8 Å². The summed E-state index contributed by atoms with van der Waals surface area (Å²) >= 11 is 3.37. The number of pyridine rings is 1. The zero-order valence-electron chi connectivity index (χ0n) is 15.7. The highest BCUT2D eigenvalue weighted by Gasteiger charge is 2.12. The molecule has 29 heavy (non-hydrogen) atoms. The van der Waals surface area contributed by atoms with Crippen LogP contribution in [0.4, 0.5) is 0 Å². The van der Waals surface area contributed by atoms with Gasteiger partial charge in [-0.15, -0.1) is 0 Å². The summed E-state index contributed by atoms with van der Waals surface area (Å²) < 4.78 is 6.33. The van der Waals surface area contributed by atoms with Gasteiger partial charge in [0.15, 0.2) is 0 Å². The number of aliphatic imine (C=N–C) groups is 1. The highest BCUT2D eigenvalue weighted by atomic mass is 79.9. The van der Waals surface area contributed by atoms with Gasteiger partial charge in [0.1, 0.15) is 5.75 Å². The van der Waals surface area contributed by atoms with Crippen LogP contribution in [0, 0.1) is 0 Å². The smallest absolute Gasteiger partial charge is 0.258 e. The summed E-state index contributed by atoms with van der Waals surface area (Å²) in [5, 5.41) is 11.2. The Labute approximate surface area is 175 Å². The molecule has 0 aliphatic heterocycles. The van der Waals surface area contributed by atoms with Gasteiger partial charge in [-0.05, 0) is 42.3 Å². The zero-order chi connectivity index (χ0) is 21.0. The lowest BCUT2D eigenvalue weighted by Crippen LogP contribution is -2.13. The number of aromatic nitrogens is 1. The van der Waals surface area contributed by atoms with Crippen LogP contribution in [-0.2, 0) is 6.54 Å². The number of rotatable bonds is 7. The fraction of sp³-hybridized carbons (Fsp3) is 0.190. The van der Waals surface area contributed by atoms with Crippen molar-refractivity contribution in [2.75, 3.05) is 6.61 Å². The molecule has 2 aromatic carbocycles. The van der Waals surface area contributed by atoms with Crippen molar-refractivity contribution in [2.24, 2.45) is 10.7 Å². The molecule has 0 fully saturated rings. The number of carbonyl (C=O) groups excluding carboxylic acids is 1. The summed E-state index contributed by atoms with van der Waals surface area (Å²) in [6, 6.07) is 10.3. The number of nitrogens with one attached hydrogen (secondary N) is 1. The van der Waals surface area contributed by atoms with E-state index in [1.807, 2.05) is 6.92 Å². The van der Waals surface area contributed by atoms with Crippen molar-refractivity contribution in [3.63, 3.8) is 0 Å². The molecule has 150 valence electrons. The van der Waals surface area contributed by atoms with Crippen LogP contribution in [0.15, 0.2) is 50.7 Å². The van der Waals surface area contributed by atoms with Crippen molar-refractivity contribution < 1.29 is 14.6 Å². The number of hydrogen-bond acceptors (Lipinski definition) is 5. The Balaban J connectivity index is 1.90. The lowest BCUT2D eigenvalue weighted by atomic mass is 10.1. The van der Waals surface area contributed by atoms with Crippen molar-refractivity contribution in [2.45, 2.75) is 19.9 Å². The molecule has 0 saturated carbocycles. The summed E-state index contributed by atoms with van der Waals surface area (Å²) in [4.78, 5) is 30.5. The van der Waals surface area contributed by atoms with E-state index in [4.69, 9.17) is 10.5 Å². The molecule has 0 unspecified atom stereocenters. The maximum Gasteiger partial charge on any atom is 0.258 e. The van der Waals surface area contributed by atoms with Crippen molar-refractivity contribution >= 4 is 38.8 Å². The van der Waals surface area contributed by atoms with E-state index in [0.29, 0.717) is 34.3 Å². The van der Waals surface area contributed by atoms with Gasteiger partial charge < -0.3 is 15.6 Å². The number of carbonyl (C=O) groups is 1. The number of aromatic amines is 1. The van der Waals surface area contributed by atoms with Crippen LogP contribution < -0.4 is 16.0 Å². The monoisotopic (exact) mass is 457 g/mol. The van der Waals surface area contributed by atoms with Crippen LogP contribution in [0.1, 0.15) is 34.8 Å². The van der Waals surface area contributed by atoms with Crippen molar-refractivity contribution in [1.82, 2.24) is 4.98 Å². The average molecular weight is 458 g/mol. The van der Waals surface area contributed by atoms with Gasteiger partial charge in [-0.25, -0.2) is 0 Å². The first-order valence-corrected chi connectivity index (χ1v) is 9.80. The van der Waals surface area contributed by atoms with Gasteiger partial charge >= 0.3 is 0 Å². The second-order valence-electron chi connectivity index (χ2n) is 6.42. The summed E-state index contributed by atoms with van der Waals surface area (Å²) in [5.41, 5.74) is 6.54. The minimum absolute atomic E-state index is 0.252. The van der Waals surface area contributed by atoms with Gasteiger partial charge in [-0.1, -0.05) is 28.9 Å². The minimum atomic E-state index is -0.573. The van der Waals surface area contributed by atoms with Crippen molar-refractivity contribution in [1.29, 1.82) is 0 Å². The van der Waals surface area contributed by atoms with E-state index in [2.05, 4.69) is 25.9 Å². The number of aromatic hydroxyl groups is 1. The molecule has 4 N–H and O–H groups in total. The number of benzene rings is 2. The molecular formula is C21H20BrN3O4. The molecule has 7 nitrogen and oxygen atoms in total. The maximum atomic E-state index is 12.0. The van der Waals surface area contributed by atoms with Crippen LogP contribution in [0.3, 0.4) is 0 Å². The molecule has 1 aromatic heterocycles. The van der Waals surface area contributed by atoms with Gasteiger partial charge in [0.2, 0.25) is 5.88 Å². The normalized spacial score (nSPS) is 11.2. The summed E-state index contributed by atoms with van der Waals surface area (Å²) in [6.45, 7) is 2.72. The molecular weight excluding hydrogens is 438 g/mol. The van der Waals surface area contributed by atoms with Crippen LogP contribution >= 0.6 is 15.9 Å². The second kappa shape index (κ2) is 8.91. The van der Waals surface area contributed by atoms with Gasteiger partial charge in [0.25, 0.3) is 11.5 Å². The van der Waals surface area contributed by atoms with Gasteiger partial charge in [-0.3, -0.25) is 19.6 Å². The van der Waals surface area contributed by atoms with Crippen molar-refractivity contribution in [3.8, 4) is 11.6 Å². The van der Waals surface area contributed by atoms with E-state index >= 15 is 0 Å². The van der Waals surface area contributed by atoms with E-state index in [0.717, 1.165) is 16.5 Å². The number of amides is 1. The number of fused-ring (bicyclic) bond motifs is 1. The van der Waals surface area contributed by atoms with Gasteiger partial charge in [-0.2, -0.15) is 0 Å². The SMILES string of the molecule is CCCOc1ccc(CN=Cc2c(O)[nH]c(=O)c3ccc(Br)cc23)cc1C(N)=O. The molecule has 1 heterocycles. The molecule has 1 amide bonds. The van der Waals surface area contributed by atoms with Gasteiger partial charge in [0, 0.05) is 21.5 Å². The number of hydrogen-bond donors (Lipinski definition) is 3. The number of primary amides is 1. The quantitative estimate of drug-likeness (QED) is 0.470. The fourth-order valence-electron chi connectivity index (χ4n) is 2.89. The number of H-pyrrole nitrogens is 1. The lowest BCUT2D eigenvalue weighted by Gasteiger charge is -2.10. The molecule has 8 heteroatoms. The molecule has 3 rings (SSSR count). The third-order valence-corrected chi connectivity index (χ3v) is 4.76. The van der Waals surface area contributed by atoms with Crippen LogP contribution in [0.2, 0.25) is 0 Å². The Hall–Kier alpha value is -3.13. The lowest BCUT2D eigenvalue weighted by molar-refractivity contribution is 0.0996. The number of ether oxygens (including phenoxy) is 1. The van der Waals surface area contributed by atoms with Gasteiger partial charge in [0.05, 0.1) is 24.3 Å². The van der Waals surface area contributed by atoms with E-state index in [-0.39, 0.29) is 18.0 Å². The molecule has 0 spiro atoms. The standard InChI is InChI=1S/C21H20BrN3O4/c1-2-7-29-18-6-3-12(8-16(18)19(23)26)10-24-11-17-15-9-13(22)4-5-14(15)20(27)25-21(17)28/h3-6,8-9,11H,2,7,10H2,1H3,(H2,23,26)(H2,25,27,28). The van der Waals surface area contributed by atoms with Crippen LogP contribution in [0.5, 0.6) is 11.6 Å². The Morgan fingerprint density at radius 2 is 2.07 bits per heavy atom. The largest absolute Gasteiger partial charge is 0.494 e. The predicted octanol–water partition coefficient (Wildman–Crippen LogP) is 3.50. The molecule has 0 bridgehead atoms. The first-order valence-electron chi connectivity index (χ1n) is 9.00. The summed E-state index contributed by atoms with van der Waals surface area (Å²) in [7, 11) is 0. The first-order chi connectivity index (χ1) is 13.9. The maximum absolute atomic E-state index is 12.0. The van der Waals surface area contributed by atoms with E-state index in [1.54, 1.807) is 36.4 Å². The molecule has 0 aliphatic carbocycles. The highest BCUT2D eigenvalue weighted by molar-refractivity contribution is 9.10. The number of nitrogens with zero attached hydrogens (tertiary/aromatic N) is 1. The average Bonchev–Trinajstić information content (AvgIpc) is 2.68. The summed E-state index contributed by atoms with van der Waals surface area (Å²) in [6.07, 6.45) is 2.31. The molecule has 0 saturated heterocycles. The molecule has 0 radical (unpaired) electrons. The Kier molecular flexibility index (Phi) is 6.33. The van der Waals surface area contributed by atoms with E-state index in [1.165, 1.54) is 6.21 Å². The third-order valence-electron chi connectivity index (χ3n) is 4.27. The Morgan fingerprint density at radius 3 is 2.79 bits per heavy atom. The molecule has 0 aliphatic rings. The van der Waals surface area contributed by atoms with E-state index in [9.17, 15) is 14.7 Å². The third kappa shape index (κ3) is 4.65. The summed E-state index contributed by atoms with van der Waals surface area (Å²) in [5.74, 6) is -0.386. The predicted molar refractivity (Wildman–Crippen MR) is 116 cm³/mol. The van der Waals surface area contributed by atoms with Crippen LogP contribution in [0.25, 0.3) is 10.8 Å². The second-order valence-corrected chi connectivity index (χ2v) is 7.33. The Bertz CT molecular complexity index is 1150. The molecule has 0 atom stereocenters. The number of nitrogens with two attached hydrogens (primary N) is 1. The fourth-order valence-corrected chi connectivity index (χ4v) is 3.25. The Morgan fingerprint density at radius 1 is 1.28 bits per heavy atom. The number of halogens is 1. The van der Waals surface area contributed by atoms with E-state index < -0.39 is 5.91 Å². The minimum Gasteiger partial charge on any atom is -0.494 e. The first kappa shape index (κ1) is 20.6. The highest BCUT2D eigenvalue weighted by Crippen LogP contribution is 2.25.